The number of aromatic nitrogens is 3. The summed E-state index contributed by atoms with van der Waals surface area (Å²) in [6, 6.07) is 10.5. The first-order valence-electron chi connectivity index (χ1n) is 12.5. The molecule has 2 aromatic heterocycles. The second kappa shape index (κ2) is 10.2. The first-order chi connectivity index (χ1) is 17.0. The molecule has 0 saturated carbocycles. The number of likely N-dealkylation sites (N-methyl/N-ethyl adjacent to an activating group) is 1. The standard InChI is InChI=1S/C27H34N6O2/c1-30-12-14-32(15-13-30)22-8-6-21(7-9-22)23-17-24-25(27(35)31(2)19-28-24)26(29-23)33-11-10-20(18-33)5-3-4-16-34/h5-9,17,19,34H,3-4,10-16,18H2,1-2H3/b20-5+. The van der Waals surface area contributed by atoms with Crippen LogP contribution in [0.4, 0.5) is 11.5 Å². The lowest BCUT2D eigenvalue weighted by Crippen LogP contribution is -2.44. The molecule has 2 aliphatic heterocycles. The number of nitrogens with zero attached hydrogens (tertiary/aromatic N) is 6. The first kappa shape index (κ1) is 23.5. The number of anilines is 2. The van der Waals surface area contributed by atoms with E-state index in [1.54, 1.807) is 13.4 Å². The third kappa shape index (κ3) is 4.94. The molecule has 1 aromatic carbocycles. The molecule has 2 saturated heterocycles. The molecule has 0 atom stereocenters. The van der Waals surface area contributed by atoms with Gasteiger partial charge in [0, 0.05) is 64.2 Å². The summed E-state index contributed by atoms with van der Waals surface area (Å²) in [7, 11) is 3.90. The summed E-state index contributed by atoms with van der Waals surface area (Å²) in [5, 5.41) is 9.66. The van der Waals surface area contributed by atoms with E-state index in [0.29, 0.717) is 16.7 Å². The average Bonchev–Trinajstić information content (AvgIpc) is 3.35. The Labute approximate surface area is 206 Å². The normalized spacial score (nSPS) is 18.2. The Balaban J connectivity index is 1.49. The third-order valence-electron chi connectivity index (χ3n) is 7.11. The van der Waals surface area contributed by atoms with E-state index >= 15 is 0 Å². The zero-order valence-corrected chi connectivity index (χ0v) is 20.7. The van der Waals surface area contributed by atoms with Crippen molar-refractivity contribution in [3.05, 3.63) is 58.7 Å². The molecule has 184 valence electrons. The molecule has 0 radical (unpaired) electrons. The summed E-state index contributed by atoms with van der Waals surface area (Å²) in [5.41, 5.74) is 5.01. The van der Waals surface area contributed by atoms with Gasteiger partial charge in [0.25, 0.3) is 5.56 Å². The molecular formula is C27H34N6O2. The van der Waals surface area contributed by atoms with Crippen molar-refractivity contribution in [3.8, 4) is 11.3 Å². The van der Waals surface area contributed by atoms with Gasteiger partial charge in [0.05, 0.1) is 17.5 Å². The van der Waals surface area contributed by atoms with Crippen molar-refractivity contribution in [1.29, 1.82) is 0 Å². The number of aryl methyl sites for hydroxylation is 1. The van der Waals surface area contributed by atoms with Gasteiger partial charge in [0.2, 0.25) is 0 Å². The van der Waals surface area contributed by atoms with Crippen LogP contribution in [0.15, 0.2) is 53.1 Å². The van der Waals surface area contributed by atoms with Gasteiger partial charge < -0.3 is 24.4 Å². The van der Waals surface area contributed by atoms with Crippen molar-refractivity contribution in [3.63, 3.8) is 0 Å². The number of unbranched alkanes of at least 4 members (excludes halogenated alkanes) is 1. The molecule has 8 nitrogen and oxygen atoms in total. The van der Waals surface area contributed by atoms with Gasteiger partial charge in [0.1, 0.15) is 11.2 Å². The Morgan fingerprint density at radius 3 is 2.54 bits per heavy atom. The van der Waals surface area contributed by atoms with Gasteiger partial charge in [0.15, 0.2) is 0 Å². The predicted molar refractivity (Wildman–Crippen MR) is 141 cm³/mol. The van der Waals surface area contributed by atoms with Crippen molar-refractivity contribution in [2.24, 2.45) is 7.05 Å². The maximum atomic E-state index is 13.1. The first-order valence-corrected chi connectivity index (χ1v) is 12.5. The number of rotatable bonds is 6. The lowest BCUT2D eigenvalue weighted by atomic mass is 10.1. The van der Waals surface area contributed by atoms with Crippen LogP contribution in [0.25, 0.3) is 22.2 Å². The van der Waals surface area contributed by atoms with E-state index in [-0.39, 0.29) is 12.2 Å². The van der Waals surface area contributed by atoms with Crippen LogP contribution < -0.4 is 15.4 Å². The number of allylic oxidation sites excluding steroid dienone is 1. The Hall–Kier alpha value is -3.23. The average molecular weight is 475 g/mol. The van der Waals surface area contributed by atoms with Crippen LogP contribution in [-0.2, 0) is 7.05 Å². The molecule has 0 amide bonds. The van der Waals surface area contributed by atoms with Gasteiger partial charge in [-0.1, -0.05) is 23.8 Å². The van der Waals surface area contributed by atoms with Crippen LogP contribution in [0.5, 0.6) is 0 Å². The summed E-state index contributed by atoms with van der Waals surface area (Å²) >= 11 is 0. The molecule has 1 N–H and O–H groups in total. The molecular weight excluding hydrogens is 440 g/mol. The van der Waals surface area contributed by atoms with Crippen LogP contribution in [-0.4, -0.2) is 77.5 Å². The van der Waals surface area contributed by atoms with Gasteiger partial charge in [-0.15, -0.1) is 0 Å². The predicted octanol–water partition coefficient (Wildman–Crippen LogP) is 2.66. The van der Waals surface area contributed by atoms with Crippen LogP contribution in [0.3, 0.4) is 0 Å². The second-order valence-corrected chi connectivity index (χ2v) is 9.62. The summed E-state index contributed by atoms with van der Waals surface area (Å²) in [4.78, 5) is 29.7. The molecule has 8 heteroatoms. The number of benzene rings is 1. The maximum absolute atomic E-state index is 13.1. The summed E-state index contributed by atoms with van der Waals surface area (Å²) < 4.78 is 1.52. The van der Waals surface area contributed by atoms with E-state index in [2.05, 4.69) is 57.1 Å². The van der Waals surface area contributed by atoms with E-state index in [4.69, 9.17) is 10.1 Å². The molecule has 0 spiro atoms. The molecule has 3 aromatic rings. The topological polar surface area (TPSA) is 77.7 Å². The fraction of sp³-hybridized carbons (Fsp3) is 0.444. The monoisotopic (exact) mass is 474 g/mol. The summed E-state index contributed by atoms with van der Waals surface area (Å²) in [6.45, 7) is 5.98. The molecule has 35 heavy (non-hydrogen) atoms. The largest absolute Gasteiger partial charge is 0.396 e. The Morgan fingerprint density at radius 2 is 1.80 bits per heavy atom. The lowest BCUT2D eigenvalue weighted by Gasteiger charge is -2.34. The Bertz CT molecular complexity index is 1280. The molecule has 2 aliphatic rings. The van der Waals surface area contributed by atoms with Crippen LogP contribution in [0.1, 0.15) is 19.3 Å². The Morgan fingerprint density at radius 1 is 1.03 bits per heavy atom. The van der Waals surface area contributed by atoms with E-state index < -0.39 is 0 Å². The van der Waals surface area contributed by atoms with Crippen molar-refractivity contribution in [2.45, 2.75) is 19.3 Å². The van der Waals surface area contributed by atoms with Gasteiger partial charge in [-0.05, 0) is 44.5 Å². The van der Waals surface area contributed by atoms with Gasteiger partial charge in [-0.25, -0.2) is 9.97 Å². The molecule has 4 heterocycles. The number of aliphatic hydroxyl groups is 1. The minimum Gasteiger partial charge on any atom is -0.396 e. The minimum atomic E-state index is -0.0767. The molecule has 0 bridgehead atoms. The highest BCUT2D eigenvalue weighted by molar-refractivity contribution is 5.92. The van der Waals surface area contributed by atoms with Crippen molar-refractivity contribution < 1.29 is 5.11 Å². The van der Waals surface area contributed by atoms with Crippen LogP contribution >= 0.6 is 0 Å². The quantitative estimate of drug-likeness (QED) is 0.435. The van der Waals surface area contributed by atoms with E-state index in [1.165, 1.54) is 15.8 Å². The highest BCUT2D eigenvalue weighted by atomic mass is 16.2. The van der Waals surface area contributed by atoms with Crippen molar-refractivity contribution >= 4 is 22.4 Å². The third-order valence-corrected chi connectivity index (χ3v) is 7.11. The summed E-state index contributed by atoms with van der Waals surface area (Å²) in [5.74, 6) is 0.708. The second-order valence-electron chi connectivity index (χ2n) is 9.62. The minimum absolute atomic E-state index is 0.0767. The van der Waals surface area contributed by atoms with Crippen LogP contribution in [0.2, 0.25) is 0 Å². The number of piperazine rings is 1. The molecule has 2 fully saturated rings. The summed E-state index contributed by atoms with van der Waals surface area (Å²) in [6.07, 6.45) is 6.39. The number of hydrogen-bond donors (Lipinski definition) is 1. The molecule has 5 rings (SSSR count). The number of fused-ring (bicyclic) bond motifs is 1. The van der Waals surface area contributed by atoms with E-state index in [1.807, 2.05) is 6.07 Å². The molecule has 0 unspecified atom stereocenters. The smallest absolute Gasteiger partial charge is 0.264 e. The maximum Gasteiger partial charge on any atom is 0.264 e. The van der Waals surface area contributed by atoms with Crippen molar-refractivity contribution in [1.82, 2.24) is 19.4 Å². The highest BCUT2D eigenvalue weighted by Gasteiger charge is 2.23. The SMILES string of the molecule is CN1CCN(c2ccc(-c3cc4ncn(C)c(=O)c4c(N4CC/C(=C\CCCO)C4)n3)cc2)CC1. The van der Waals surface area contributed by atoms with E-state index in [0.717, 1.165) is 69.8 Å². The zero-order chi connectivity index (χ0) is 24.4. The van der Waals surface area contributed by atoms with Gasteiger partial charge in [-0.3, -0.25) is 4.79 Å². The number of pyridine rings is 1. The number of aliphatic hydroxyl groups excluding tert-OH is 1. The van der Waals surface area contributed by atoms with Gasteiger partial charge in [-0.2, -0.15) is 0 Å². The van der Waals surface area contributed by atoms with E-state index in [9.17, 15) is 4.79 Å². The van der Waals surface area contributed by atoms with Gasteiger partial charge >= 0.3 is 0 Å². The van der Waals surface area contributed by atoms with Crippen molar-refractivity contribution in [2.75, 3.05) is 62.7 Å². The van der Waals surface area contributed by atoms with Crippen LogP contribution in [0, 0.1) is 0 Å². The fourth-order valence-electron chi connectivity index (χ4n) is 4.91. The molecule has 0 aliphatic carbocycles. The zero-order valence-electron chi connectivity index (χ0n) is 20.7. The fourth-order valence-corrected chi connectivity index (χ4v) is 4.91. The highest BCUT2D eigenvalue weighted by Crippen LogP contribution is 2.31. The number of hydrogen-bond acceptors (Lipinski definition) is 7. The Kier molecular flexibility index (Phi) is 6.83. The lowest BCUT2D eigenvalue weighted by molar-refractivity contribution is 0.289.